The Labute approximate surface area is 150 Å². The summed E-state index contributed by atoms with van der Waals surface area (Å²) in [7, 11) is 0. The number of benzene rings is 1. The summed E-state index contributed by atoms with van der Waals surface area (Å²) in [5.74, 6) is 0.765. The van der Waals surface area contributed by atoms with Crippen molar-refractivity contribution in [3.8, 4) is 0 Å². The molecule has 4 N–H and O–H groups in total. The first-order chi connectivity index (χ1) is 11.9. The number of carbonyl (C=O) groups is 2. The van der Waals surface area contributed by atoms with Crippen molar-refractivity contribution in [1.29, 1.82) is 0 Å². The van der Waals surface area contributed by atoms with Crippen molar-refractivity contribution in [2.45, 2.75) is 64.8 Å². The summed E-state index contributed by atoms with van der Waals surface area (Å²) < 4.78 is 0. The zero-order chi connectivity index (χ0) is 18.2. The highest BCUT2D eigenvalue weighted by Crippen LogP contribution is 2.27. The number of carbonyl (C=O) groups excluding carboxylic acids is 2. The lowest BCUT2D eigenvalue weighted by molar-refractivity contribution is -0.118. The highest BCUT2D eigenvalue weighted by Gasteiger charge is 2.21. The second kappa shape index (κ2) is 9.56. The largest absolute Gasteiger partial charge is 0.326 e. The zero-order valence-corrected chi connectivity index (χ0v) is 15.4. The first-order valence-corrected chi connectivity index (χ1v) is 9.40. The zero-order valence-electron chi connectivity index (χ0n) is 15.4. The van der Waals surface area contributed by atoms with Crippen LogP contribution in [0.5, 0.6) is 0 Å². The van der Waals surface area contributed by atoms with E-state index in [0.29, 0.717) is 23.9 Å². The normalized spacial score (nSPS) is 16.5. The summed E-state index contributed by atoms with van der Waals surface area (Å²) in [5, 5.41) is 5.72. The van der Waals surface area contributed by atoms with Crippen LogP contribution in [-0.2, 0) is 9.59 Å². The Kier molecular flexibility index (Phi) is 7.44. The van der Waals surface area contributed by atoms with Gasteiger partial charge in [0.2, 0.25) is 11.8 Å². The minimum absolute atomic E-state index is 0.00119. The lowest BCUT2D eigenvalue weighted by atomic mass is 9.85. The van der Waals surface area contributed by atoms with Crippen LogP contribution in [0.25, 0.3) is 0 Å². The lowest BCUT2D eigenvalue weighted by Gasteiger charge is -2.24. The maximum atomic E-state index is 12.3. The van der Waals surface area contributed by atoms with Crippen molar-refractivity contribution < 1.29 is 9.59 Å². The Bertz CT molecular complexity index is 563. The average molecular weight is 345 g/mol. The first-order valence-electron chi connectivity index (χ1n) is 9.40. The van der Waals surface area contributed by atoms with Gasteiger partial charge in [-0.15, -0.1) is 0 Å². The van der Waals surface area contributed by atoms with Crippen LogP contribution < -0.4 is 16.4 Å². The van der Waals surface area contributed by atoms with E-state index in [9.17, 15) is 9.59 Å². The van der Waals surface area contributed by atoms with Gasteiger partial charge in [0.1, 0.15) is 0 Å². The monoisotopic (exact) mass is 345 g/mol. The molecule has 2 amide bonds. The second-order valence-electron chi connectivity index (χ2n) is 7.56. The van der Waals surface area contributed by atoms with Crippen molar-refractivity contribution in [1.82, 2.24) is 0 Å². The Hall–Kier alpha value is -1.88. The van der Waals surface area contributed by atoms with Gasteiger partial charge in [-0.2, -0.15) is 0 Å². The van der Waals surface area contributed by atoms with E-state index in [2.05, 4.69) is 10.6 Å². The van der Waals surface area contributed by atoms with E-state index in [1.807, 2.05) is 13.8 Å². The molecule has 0 saturated heterocycles. The van der Waals surface area contributed by atoms with Gasteiger partial charge >= 0.3 is 0 Å². The Morgan fingerprint density at radius 3 is 2.16 bits per heavy atom. The van der Waals surface area contributed by atoms with Crippen LogP contribution in [0.2, 0.25) is 0 Å². The molecule has 1 aromatic carbocycles. The maximum absolute atomic E-state index is 12.3. The third-order valence-corrected chi connectivity index (χ3v) is 4.68. The van der Waals surface area contributed by atoms with E-state index in [0.717, 1.165) is 12.1 Å². The fourth-order valence-corrected chi connectivity index (χ4v) is 3.34. The number of nitrogens with one attached hydrogen (secondary N) is 2. The molecule has 1 saturated carbocycles. The number of hydrogen-bond acceptors (Lipinski definition) is 3. The number of hydrogen-bond donors (Lipinski definition) is 3. The molecular weight excluding hydrogens is 314 g/mol. The average Bonchev–Trinajstić information content (AvgIpc) is 2.56. The fraction of sp³-hybridized carbons (Fsp3) is 0.600. The predicted molar refractivity (Wildman–Crippen MR) is 102 cm³/mol. The molecule has 0 bridgehead atoms. The third kappa shape index (κ3) is 6.86. The van der Waals surface area contributed by atoms with Gasteiger partial charge in [-0.3, -0.25) is 9.59 Å². The van der Waals surface area contributed by atoms with Gasteiger partial charge in [-0.1, -0.05) is 46.0 Å². The molecule has 0 radical (unpaired) electrons. The number of anilines is 2. The molecule has 1 aromatic rings. The minimum Gasteiger partial charge on any atom is -0.326 e. The van der Waals surface area contributed by atoms with E-state index in [1.54, 1.807) is 24.3 Å². The quantitative estimate of drug-likeness (QED) is 0.700. The van der Waals surface area contributed by atoms with E-state index in [4.69, 9.17) is 5.73 Å². The summed E-state index contributed by atoms with van der Waals surface area (Å²) in [6, 6.07) is 6.70. The molecule has 5 heteroatoms. The molecular formula is C20H31N3O2. The van der Waals surface area contributed by atoms with Gasteiger partial charge < -0.3 is 16.4 Å². The van der Waals surface area contributed by atoms with Crippen molar-refractivity contribution in [3.05, 3.63) is 24.3 Å². The van der Waals surface area contributed by atoms with Crippen molar-refractivity contribution in [2.75, 3.05) is 10.6 Å². The summed E-state index contributed by atoms with van der Waals surface area (Å²) in [6.07, 6.45) is 7.44. The molecule has 0 heterocycles. The Morgan fingerprint density at radius 2 is 1.60 bits per heavy atom. The smallest absolute Gasteiger partial charge is 0.241 e. The number of rotatable bonds is 7. The van der Waals surface area contributed by atoms with Crippen LogP contribution in [0.4, 0.5) is 11.4 Å². The van der Waals surface area contributed by atoms with Crippen LogP contribution in [0.3, 0.4) is 0 Å². The van der Waals surface area contributed by atoms with Gasteiger partial charge in [0.05, 0.1) is 6.04 Å². The van der Waals surface area contributed by atoms with E-state index in [-0.39, 0.29) is 11.8 Å². The molecule has 0 aliphatic heterocycles. The highest BCUT2D eigenvalue weighted by atomic mass is 16.2. The molecule has 2 rings (SSSR count). The minimum atomic E-state index is -0.464. The third-order valence-electron chi connectivity index (χ3n) is 4.68. The molecule has 1 unspecified atom stereocenters. The van der Waals surface area contributed by atoms with Gasteiger partial charge in [-0.25, -0.2) is 0 Å². The molecule has 5 nitrogen and oxygen atoms in total. The second-order valence-corrected chi connectivity index (χ2v) is 7.56. The highest BCUT2D eigenvalue weighted by molar-refractivity contribution is 5.95. The van der Waals surface area contributed by atoms with Crippen LogP contribution >= 0.6 is 0 Å². The standard InChI is InChI=1S/C20H31N3O2/c1-14(2)12-19(24)22-16-8-10-17(11-9-16)23-20(25)18(21)13-15-6-4-3-5-7-15/h8-11,14-15,18H,3-7,12-13,21H2,1-2H3,(H,22,24)(H,23,25). The van der Waals surface area contributed by atoms with Gasteiger partial charge in [0.25, 0.3) is 0 Å². The maximum Gasteiger partial charge on any atom is 0.241 e. The molecule has 1 atom stereocenters. The Balaban J connectivity index is 1.81. The number of nitrogens with two attached hydrogens (primary N) is 1. The molecule has 25 heavy (non-hydrogen) atoms. The topological polar surface area (TPSA) is 84.2 Å². The fourth-order valence-electron chi connectivity index (χ4n) is 3.34. The predicted octanol–water partition coefficient (Wildman–Crippen LogP) is 3.91. The summed E-state index contributed by atoms with van der Waals surface area (Å²) in [6.45, 7) is 4.02. The van der Waals surface area contributed by atoms with E-state index < -0.39 is 6.04 Å². The van der Waals surface area contributed by atoms with Gasteiger partial charge in [0, 0.05) is 17.8 Å². The molecule has 0 spiro atoms. The molecule has 138 valence electrons. The van der Waals surface area contributed by atoms with Crippen LogP contribution in [0.1, 0.15) is 58.8 Å². The van der Waals surface area contributed by atoms with Crippen LogP contribution in [0.15, 0.2) is 24.3 Å². The summed E-state index contributed by atoms with van der Waals surface area (Å²) in [5.41, 5.74) is 7.50. The summed E-state index contributed by atoms with van der Waals surface area (Å²) >= 11 is 0. The van der Waals surface area contributed by atoms with E-state index >= 15 is 0 Å². The van der Waals surface area contributed by atoms with Crippen molar-refractivity contribution >= 4 is 23.2 Å². The Morgan fingerprint density at radius 1 is 1.04 bits per heavy atom. The first kappa shape index (κ1) is 19.4. The molecule has 1 aliphatic carbocycles. The molecule has 0 aromatic heterocycles. The molecule has 1 fully saturated rings. The van der Waals surface area contributed by atoms with Gasteiger partial charge in [0.15, 0.2) is 0 Å². The molecule has 1 aliphatic rings. The summed E-state index contributed by atoms with van der Waals surface area (Å²) in [4.78, 5) is 24.0. The van der Waals surface area contributed by atoms with Crippen LogP contribution in [0, 0.1) is 11.8 Å². The van der Waals surface area contributed by atoms with Crippen LogP contribution in [-0.4, -0.2) is 17.9 Å². The van der Waals surface area contributed by atoms with Crippen molar-refractivity contribution in [2.24, 2.45) is 17.6 Å². The number of amides is 2. The van der Waals surface area contributed by atoms with E-state index in [1.165, 1.54) is 32.1 Å². The van der Waals surface area contributed by atoms with Crippen molar-refractivity contribution in [3.63, 3.8) is 0 Å². The lowest BCUT2D eigenvalue weighted by Crippen LogP contribution is -2.37. The van der Waals surface area contributed by atoms with Gasteiger partial charge in [-0.05, 0) is 42.5 Å². The SMILES string of the molecule is CC(C)CC(=O)Nc1ccc(NC(=O)C(N)CC2CCCCC2)cc1.